The number of nitrogens with zero attached hydrogens (tertiary/aromatic N) is 2. The van der Waals surface area contributed by atoms with Gasteiger partial charge in [0.15, 0.2) is 5.66 Å². The summed E-state index contributed by atoms with van der Waals surface area (Å²) in [4.78, 5) is 22.2. The third-order valence-corrected chi connectivity index (χ3v) is 6.27. The lowest BCUT2D eigenvalue weighted by molar-refractivity contribution is -0.113. The fourth-order valence-electron chi connectivity index (χ4n) is 3.65. The highest BCUT2D eigenvalue weighted by Crippen LogP contribution is 2.38. The number of amides is 1. The maximum atomic E-state index is 13.8. The largest absolute Gasteiger partial charge is 0.325 e. The average Bonchev–Trinajstić information content (AvgIpc) is 3.06. The number of aliphatic imine (C=N–C) groups is 2. The van der Waals surface area contributed by atoms with E-state index in [4.69, 9.17) is 21.6 Å². The van der Waals surface area contributed by atoms with E-state index in [2.05, 4.69) is 5.32 Å². The Balaban J connectivity index is 1.50. The third kappa shape index (κ3) is 4.87. The van der Waals surface area contributed by atoms with Crippen molar-refractivity contribution in [3.63, 3.8) is 0 Å². The molecule has 1 aliphatic carbocycles. The predicted molar refractivity (Wildman–Crippen MR) is 119 cm³/mol. The highest BCUT2D eigenvalue weighted by atomic mass is 35.5. The molecule has 0 saturated heterocycles. The Morgan fingerprint density at radius 3 is 2.59 bits per heavy atom. The van der Waals surface area contributed by atoms with Gasteiger partial charge in [-0.1, -0.05) is 41.9 Å². The lowest BCUT2D eigenvalue weighted by Crippen LogP contribution is -2.25. The van der Waals surface area contributed by atoms with E-state index in [0.29, 0.717) is 27.0 Å². The lowest BCUT2D eigenvalue weighted by atomic mass is 9.90. The van der Waals surface area contributed by atoms with Crippen molar-refractivity contribution < 1.29 is 9.18 Å². The first kappa shape index (κ1) is 20.1. The van der Waals surface area contributed by atoms with Gasteiger partial charge in [0.05, 0.1) is 11.5 Å². The molecule has 0 radical (unpaired) electrons. The topological polar surface area (TPSA) is 53.8 Å². The van der Waals surface area contributed by atoms with Crippen LogP contribution in [0, 0.1) is 5.82 Å². The maximum Gasteiger partial charge on any atom is 0.234 e. The number of nitrogens with one attached hydrogen (secondary N) is 1. The molecule has 0 bridgehead atoms. The van der Waals surface area contributed by atoms with Crippen LogP contribution >= 0.6 is 23.4 Å². The van der Waals surface area contributed by atoms with Gasteiger partial charge in [0, 0.05) is 16.3 Å². The van der Waals surface area contributed by atoms with E-state index in [1.165, 1.54) is 30.3 Å². The van der Waals surface area contributed by atoms with Crippen LogP contribution in [-0.4, -0.2) is 28.1 Å². The second kappa shape index (κ2) is 8.67. The number of hydrogen-bond acceptors (Lipinski definition) is 4. The average molecular weight is 430 g/mol. The van der Waals surface area contributed by atoms with Crippen molar-refractivity contribution in [1.29, 1.82) is 0 Å². The molecule has 150 valence electrons. The summed E-state index contributed by atoms with van der Waals surface area (Å²) >= 11 is 7.23. The summed E-state index contributed by atoms with van der Waals surface area (Å²) in [6, 6.07) is 13.4. The SMILES string of the molecule is O=C(CSC1=NC2(CCCCC2)N=C1c1cccc(F)c1)Nc1ccc(Cl)cc1. The lowest BCUT2D eigenvalue weighted by Gasteiger charge is -2.27. The maximum absolute atomic E-state index is 13.8. The fourth-order valence-corrected chi connectivity index (χ4v) is 4.65. The number of rotatable bonds is 4. The van der Waals surface area contributed by atoms with Crippen LogP contribution in [0.3, 0.4) is 0 Å². The molecular formula is C22H21ClFN3OS. The molecule has 2 aromatic carbocycles. The van der Waals surface area contributed by atoms with Gasteiger partial charge in [-0.15, -0.1) is 0 Å². The van der Waals surface area contributed by atoms with E-state index in [-0.39, 0.29) is 17.5 Å². The molecule has 1 fully saturated rings. The van der Waals surface area contributed by atoms with Gasteiger partial charge in [-0.2, -0.15) is 0 Å². The Kier molecular flexibility index (Phi) is 6.01. The van der Waals surface area contributed by atoms with Crippen LogP contribution in [-0.2, 0) is 4.79 Å². The molecule has 1 aliphatic heterocycles. The summed E-state index contributed by atoms with van der Waals surface area (Å²) < 4.78 is 13.8. The number of thioether (sulfide) groups is 1. The van der Waals surface area contributed by atoms with Gasteiger partial charge < -0.3 is 5.32 Å². The summed E-state index contributed by atoms with van der Waals surface area (Å²) in [6.07, 6.45) is 5.14. The van der Waals surface area contributed by atoms with Gasteiger partial charge >= 0.3 is 0 Å². The summed E-state index contributed by atoms with van der Waals surface area (Å²) in [6.45, 7) is 0. The molecule has 1 amide bonds. The summed E-state index contributed by atoms with van der Waals surface area (Å²) in [5, 5.41) is 4.18. The first-order valence-electron chi connectivity index (χ1n) is 9.67. The standard InChI is InChI=1S/C22H21ClFN3OS/c23-16-7-9-18(10-8-16)25-19(28)14-29-21-20(15-5-4-6-17(24)13-15)26-22(27-21)11-2-1-3-12-22/h4-10,13H,1-3,11-12,14H2,(H,25,28). The molecule has 1 N–H and O–H groups in total. The van der Waals surface area contributed by atoms with Crippen molar-refractivity contribution in [2.75, 3.05) is 11.1 Å². The van der Waals surface area contributed by atoms with E-state index < -0.39 is 5.66 Å². The van der Waals surface area contributed by atoms with Crippen LogP contribution < -0.4 is 5.32 Å². The number of anilines is 1. The highest BCUT2D eigenvalue weighted by molar-refractivity contribution is 8.16. The summed E-state index contributed by atoms with van der Waals surface area (Å²) in [5.74, 6) is -0.242. The first-order chi connectivity index (χ1) is 14.0. The van der Waals surface area contributed by atoms with Crippen molar-refractivity contribution in [2.24, 2.45) is 9.98 Å². The van der Waals surface area contributed by atoms with Crippen LogP contribution in [0.2, 0.25) is 5.02 Å². The minimum atomic E-state index is -0.450. The Hall–Kier alpha value is -2.18. The zero-order valence-electron chi connectivity index (χ0n) is 15.8. The second-order valence-electron chi connectivity index (χ2n) is 7.27. The molecule has 29 heavy (non-hydrogen) atoms. The van der Waals surface area contributed by atoms with E-state index in [1.807, 2.05) is 6.07 Å². The van der Waals surface area contributed by atoms with Crippen molar-refractivity contribution in [3.05, 3.63) is 64.9 Å². The highest BCUT2D eigenvalue weighted by Gasteiger charge is 2.37. The van der Waals surface area contributed by atoms with E-state index in [0.717, 1.165) is 25.7 Å². The van der Waals surface area contributed by atoms with Crippen molar-refractivity contribution in [3.8, 4) is 0 Å². The zero-order chi connectivity index (χ0) is 20.3. The van der Waals surface area contributed by atoms with Crippen molar-refractivity contribution in [1.82, 2.24) is 0 Å². The van der Waals surface area contributed by atoms with E-state index in [1.54, 1.807) is 30.3 Å². The monoisotopic (exact) mass is 429 g/mol. The van der Waals surface area contributed by atoms with Gasteiger partial charge in [-0.3, -0.25) is 9.79 Å². The van der Waals surface area contributed by atoms with Crippen molar-refractivity contribution >= 4 is 45.7 Å². The smallest absolute Gasteiger partial charge is 0.234 e. The number of hydrogen-bond donors (Lipinski definition) is 1. The predicted octanol–water partition coefficient (Wildman–Crippen LogP) is 5.71. The molecule has 2 aromatic rings. The molecule has 1 spiro atoms. The van der Waals surface area contributed by atoms with Gasteiger partial charge in [0.25, 0.3) is 0 Å². The van der Waals surface area contributed by atoms with E-state index >= 15 is 0 Å². The van der Waals surface area contributed by atoms with Crippen molar-refractivity contribution in [2.45, 2.75) is 37.8 Å². The number of benzene rings is 2. The Bertz CT molecular complexity index is 968. The molecule has 1 heterocycles. The van der Waals surface area contributed by atoms with E-state index in [9.17, 15) is 9.18 Å². The zero-order valence-corrected chi connectivity index (χ0v) is 17.4. The minimum Gasteiger partial charge on any atom is -0.325 e. The molecule has 2 aliphatic rings. The molecule has 0 unspecified atom stereocenters. The van der Waals surface area contributed by atoms with Gasteiger partial charge in [-0.05, 0) is 62.1 Å². The molecule has 4 rings (SSSR count). The molecule has 4 nitrogen and oxygen atoms in total. The quantitative estimate of drug-likeness (QED) is 0.676. The van der Waals surface area contributed by atoms with Gasteiger partial charge in [0.2, 0.25) is 5.91 Å². The second-order valence-corrected chi connectivity index (χ2v) is 8.68. The Labute approximate surface area is 178 Å². The first-order valence-corrected chi connectivity index (χ1v) is 11.0. The fraction of sp³-hybridized carbons (Fsp3) is 0.318. The number of carbonyl (C=O) groups is 1. The number of halogens is 2. The van der Waals surface area contributed by atoms with Crippen LogP contribution in [0.1, 0.15) is 37.7 Å². The third-order valence-electron chi connectivity index (χ3n) is 5.05. The van der Waals surface area contributed by atoms with Gasteiger partial charge in [-0.25, -0.2) is 9.38 Å². The van der Waals surface area contributed by atoms with Gasteiger partial charge in [0.1, 0.15) is 10.9 Å². The normalized spacial score (nSPS) is 17.7. The summed E-state index contributed by atoms with van der Waals surface area (Å²) in [7, 11) is 0. The Morgan fingerprint density at radius 2 is 1.86 bits per heavy atom. The minimum absolute atomic E-state index is 0.136. The van der Waals surface area contributed by atoms with Crippen LogP contribution in [0.5, 0.6) is 0 Å². The molecule has 1 saturated carbocycles. The Morgan fingerprint density at radius 1 is 1.10 bits per heavy atom. The van der Waals surface area contributed by atoms with Crippen LogP contribution in [0.25, 0.3) is 0 Å². The molecular weight excluding hydrogens is 409 g/mol. The summed E-state index contributed by atoms with van der Waals surface area (Å²) in [5.41, 5.74) is 1.64. The van der Waals surface area contributed by atoms with Crippen LogP contribution in [0.15, 0.2) is 58.5 Å². The molecule has 0 atom stereocenters. The number of carbonyl (C=O) groups excluding carboxylic acids is 1. The molecule has 7 heteroatoms. The molecule has 0 aromatic heterocycles. The van der Waals surface area contributed by atoms with Crippen LogP contribution in [0.4, 0.5) is 10.1 Å².